The maximum absolute atomic E-state index is 5.83. The van der Waals surface area contributed by atoms with Crippen molar-refractivity contribution in [2.75, 3.05) is 31.6 Å². The molecule has 0 aliphatic carbocycles. The van der Waals surface area contributed by atoms with Crippen molar-refractivity contribution in [2.24, 2.45) is 0 Å². The van der Waals surface area contributed by atoms with Crippen LogP contribution >= 0.6 is 0 Å². The standard InChI is InChI=1S/C25H28N8O/c1-3-26-8-9-34-19-4-5-20-17(14-29-21(20)11-19)6-7-28-24-22-25(31-15-30-22)33-23(32-24)18-10-16(2)12-27-13-18/h4-5,10-15,26,29H,3,6-9H2,1-2H3,(H2,28,30,31,32,33). The van der Waals surface area contributed by atoms with Crippen LogP contribution in [0.2, 0.25) is 0 Å². The number of aryl methyl sites for hydroxylation is 1. The normalized spacial score (nSPS) is 11.4. The number of aromatic amines is 2. The third kappa shape index (κ3) is 4.69. The van der Waals surface area contributed by atoms with Gasteiger partial charge in [0, 0.05) is 54.2 Å². The summed E-state index contributed by atoms with van der Waals surface area (Å²) >= 11 is 0. The minimum atomic E-state index is 0.604. The molecule has 9 heteroatoms. The Bertz CT molecular complexity index is 1410. The second-order valence-electron chi connectivity index (χ2n) is 8.15. The maximum atomic E-state index is 5.83. The third-order valence-electron chi connectivity index (χ3n) is 5.64. The summed E-state index contributed by atoms with van der Waals surface area (Å²) in [6, 6.07) is 8.22. The summed E-state index contributed by atoms with van der Waals surface area (Å²) in [6.45, 7) is 7.24. The number of imidazole rings is 1. The predicted octanol–water partition coefficient (Wildman–Crippen LogP) is 3.85. The highest BCUT2D eigenvalue weighted by Gasteiger charge is 2.12. The zero-order chi connectivity index (χ0) is 23.3. The van der Waals surface area contributed by atoms with E-state index in [0.29, 0.717) is 24.6 Å². The van der Waals surface area contributed by atoms with E-state index in [1.807, 2.05) is 25.3 Å². The summed E-state index contributed by atoms with van der Waals surface area (Å²) in [6.07, 6.45) is 8.12. The summed E-state index contributed by atoms with van der Waals surface area (Å²) in [4.78, 5) is 24.5. The second-order valence-corrected chi connectivity index (χ2v) is 8.15. The van der Waals surface area contributed by atoms with Crippen molar-refractivity contribution < 1.29 is 4.74 Å². The Balaban J connectivity index is 1.29. The molecule has 0 atom stereocenters. The summed E-state index contributed by atoms with van der Waals surface area (Å²) in [5, 5.41) is 7.92. The zero-order valence-corrected chi connectivity index (χ0v) is 19.4. The molecule has 0 bridgehead atoms. The fourth-order valence-electron chi connectivity index (χ4n) is 3.96. The first-order valence-corrected chi connectivity index (χ1v) is 11.5. The number of hydrogen-bond donors (Lipinski definition) is 4. The molecule has 34 heavy (non-hydrogen) atoms. The number of nitrogens with one attached hydrogen (secondary N) is 4. The molecule has 4 heterocycles. The number of benzene rings is 1. The topological polar surface area (TPSA) is 116 Å². The number of rotatable bonds is 10. The fourth-order valence-corrected chi connectivity index (χ4v) is 3.96. The highest BCUT2D eigenvalue weighted by Crippen LogP contribution is 2.25. The smallest absolute Gasteiger partial charge is 0.183 e. The quantitative estimate of drug-likeness (QED) is 0.236. The van der Waals surface area contributed by atoms with Gasteiger partial charge in [0.2, 0.25) is 0 Å². The van der Waals surface area contributed by atoms with Gasteiger partial charge in [0.05, 0.1) is 6.33 Å². The Morgan fingerprint density at radius 1 is 1.06 bits per heavy atom. The molecule has 4 aromatic heterocycles. The van der Waals surface area contributed by atoms with Crippen molar-refractivity contribution in [1.82, 2.24) is 35.2 Å². The molecule has 0 amide bonds. The highest BCUT2D eigenvalue weighted by atomic mass is 16.5. The molecular weight excluding hydrogens is 428 g/mol. The van der Waals surface area contributed by atoms with E-state index in [0.717, 1.165) is 53.2 Å². The van der Waals surface area contributed by atoms with E-state index in [4.69, 9.17) is 9.72 Å². The Labute approximate surface area is 197 Å². The lowest BCUT2D eigenvalue weighted by atomic mass is 10.1. The molecule has 0 radical (unpaired) electrons. The summed E-state index contributed by atoms with van der Waals surface area (Å²) < 4.78 is 5.83. The Kier molecular flexibility index (Phi) is 6.35. The zero-order valence-electron chi connectivity index (χ0n) is 19.4. The van der Waals surface area contributed by atoms with E-state index >= 15 is 0 Å². The molecule has 4 N–H and O–H groups in total. The number of aromatic nitrogens is 6. The van der Waals surface area contributed by atoms with Crippen molar-refractivity contribution in [3.8, 4) is 17.1 Å². The average Bonchev–Trinajstić information content (AvgIpc) is 3.49. The number of anilines is 1. The van der Waals surface area contributed by atoms with E-state index in [1.165, 1.54) is 10.9 Å². The number of pyridine rings is 1. The lowest BCUT2D eigenvalue weighted by Gasteiger charge is -2.09. The monoisotopic (exact) mass is 456 g/mol. The van der Waals surface area contributed by atoms with E-state index in [1.54, 1.807) is 12.5 Å². The largest absolute Gasteiger partial charge is 0.492 e. The maximum Gasteiger partial charge on any atom is 0.183 e. The predicted molar refractivity (Wildman–Crippen MR) is 134 cm³/mol. The van der Waals surface area contributed by atoms with E-state index in [-0.39, 0.29) is 0 Å². The Morgan fingerprint density at radius 2 is 2.00 bits per heavy atom. The van der Waals surface area contributed by atoms with Crippen molar-refractivity contribution in [3.63, 3.8) is 0 Å². The van der Waals surface area contributed by atoms with Crippen LogP contribution in [-0.4, -0.2) is 56.1 Å². The number of H-pyrrole nitrogens is 2. The van der Waals surface area contributed by atoms with Crippen LogP contribution in [0.3, 0.4) is 0 Å². The van der Waals surface area contributed by atoms with Gasteiger partial charge in [-0.05, 0) is 49.2 Å². The average molecular weight is 457 g/mol. The first-order valence-electron chi connectivity index (χ1n) is 11.5. The van der Waals surface area contributed by atoms with Crippen LogP contribution in [0.1, 0.15) is 18.1 Å². The highest BCUT2D eigenvalue weighted by molar-refractivity contribution is 5.85. The number of nitrogens with zero attached hydrogens (tertiary/aromatic N) is 4. The lowest BCUT2D eigenvalue weighted by Crippen LogP contribution is -2.20. The van der Waals surface area contributed by atoms with Gasteiger partial charge in [-0.1, -0.05) is 6.92 Å². The number of fused-ring (bicyclic) bond motifs is 2. The molecule has 0 fully saturated rings. The number of ether oxygens (including phenoxy) is 1. The summed E-state index contributed by atoms with van der Waals surface area (Å²) in [5.74, 6) is 2.21. The molecule has 0 saturated carbocycles. The molecule has 5 rings (SSSR count). The minimum Gasteiger partial charge on any atom is -0.492 e. The van der Waals surface area contributed by atoms with Gasteiger partial charge in [-0.2, -0.15) is 0 Å². The fraction of sp³-hybridized carbons (Fsp3) is 0.280. The molecular formula is C25H28N8O. The molecule has 0 saturated heterocycles. The van der Waals surface area contributed by atoms with Crippen LogP contribution in [-0.2, 0) is 6.42 Å². The summed E-state index contributed by atoms with van der Waals surface area (Å²) in [5.41, 5.74) is 5.66. The number of hydrogen-bond acceptors (Lipinski definition) is 7. The molecule has 1 aromatic carbocycles. The molecule has 174 valence electrons. The van der Waals surface area contributed by atoms with Gasteiger partial charge in [0.1, 0.15) is 17.9 Å². The van der Waals surface area contributed by atoms with Gasteiger partial charge < -0.3 is 25.3 Å². The molecule has 0 spiro atoms. The van der Waals surface area contributed by atoms with Crippen molar-refractivity contribution in [3.05, 3.63) is 60.3 Å². The Morgan fingerprint density at radius 3 is 2.88 bits per heavy atom. The van der Waals surface area contributed by atoms with Crippen molar-refractivity contribution in [1.29, 1.82) is 0 Å². The van der Waals surface area contributed by atoms with E-state index in [2.05, 4.69) is 60.8 Å². The van der Waals surface area contributed by atoms with Gasteiger partial charge in [-0.15, -0.1) is 0 Å². The van der Waals surface area contributed by atoms with Gasteiger partial charge in [0.25, 0.3) is 0 Å². The molecule has 9 nitrogen and oxygen atoms in total. The number of likely N-dealkylation sites (N-methyl/N-ethyl adjacent to an activating group) is 1. The van der Waals surface area contributed by atoms with Crippen LogP contribution in [0.15, 0.2) is 49.2 Å². The van der Waals surface area contributed by atoms with Gasteiger partial charge in [-0.25, -0.2) is 15.0 Å². The summed E-state index contributed by atoms with van der Waals surface area (Å²) in [7, 11) is 0. The van der Waals surface area contributed by atoms with Gasteiger partial charge in [0.15, 0.2) is 17.3 Å². The van der Waals surface area contributed by atoms with Gasteiger partial charge in [-0.3, -0.25) is 4.98 Å². The molecule has 0 aliphatic heterocycles. The first kappa shape index (κ1) is 21.8. The first-order chi connectivity index (χ1) is 16.7. The van der Waals surface area contributed by atoms with Crippen LogP contribution < -0.4 is 15.4 Å². The molecule has 0 aliphatic rings. The van der Waals surface area contributed by atoms with E-state index < -0.39 is 0 Å². The molecule has 0 unspecified atom stereocenters. The lowest BCUT2D eigenvalue weighted by molar-refractivity contribution is 0.316. The van der Waals surface area contributed by atoms with Crippen LogP contribution in [0.5, 0.6) is 5.75 Å². The second kappa shape index (κ2) is 9.88. The van der Waals surface area contributed by atoms with Crippen molar-refractivity contribution >= 4 is 27.9 Å². The third-order valence-corrected chi connectivity index (χ3v) is 5.64. The van der Waals surface area contributed by atoms with Crippen LogP contribution in [0, 0.1) is 6.92 Å². The van der Waals surface area contributed by atoms with Gasteiger partial charge >= 0.3 is 0 Å². The molecule has 5 aromatic rings. The Hall–Kier alpha value is -3.98. The SMILES string of the molecule is CCNCCOc1ccc2c(CCNc3nc(-c4cncc(C)c4)nc4nc[nH]c34)c[nH]c2c1. The minimum absolute atomic E-state index is 0.604. The van der Waals surface area contributed by atoms with Crippen LogP contribution in [0.25, 0.3) is 33.5 Å². The van der Waals surface area contributed by atoms with Crippen molar-refractivity contribution in [2.45, 2.75) is 20.3 Å². The van der Waals surface area contributed by atoms with Crippen LogP contribution in [0.4, 0.5) is 5.82 Å². The van der Waals surface area contributed by atoms with E-state index in [9.17, 15) is 0 Å².